The quantitative estimate of drug-likeness (QED) is 0.732. The molecule has 0 spiro atoms. The normalized spacial score (nSPS) is 13.0. The Bertz CT molecular complexity index is 908. The Kier molecular flexibility index (Phi) is 6.88. The molecular formula is C22H30N2O3S. The molecule has 152 valence electrons. The lowest BCUT2D eigenvalue weighted by molar-refractivity contribution is -0.123. The summed E-state index contributed by atoms with van der Waals surface area (Å²) in [5.41, 5.74) is 2.04. The van der Waals surface area contributed by atoms with E-state index in [4.69, 9.17) is 0 Å². The van der Waals surface area contributed by atoms with Crippen LogP contribution in [-0.2, 0) is 21.2 Å². The lowest BCUT2D eigenvalue weighted by Gasteiger charge is -2.34. The van der Waals surface area contributed by atoms with Crippen molar-refractivity contribution in [3.8, 4) is 0 Å². The standard InChI is InChI=1S/C22H30N2O3S/c1-6-20(24(28(5,26)27)19-14-10-11-17(2)15-19)21(25)23-22(3,4)16-18-12-8-7-9-13-18/h7-15,20H,6,16H2,1-5H3,(H,23,25). The molecule has 0 saturated carbocycles. The van der Waals surface area contributed by atoms with Crippen molar-refractivity contribution >= 4 is 21.6 Å². The smallest absolute Gasteiger partial charge is 0.244 e. The van der Waals surface area contributed by atoms with Crippen LogP contribution in [0.4, 0.5) is 5.69 Å². The minimum atomic E-state index is -3.63. The van der Waals surface area contributed by atoms with Crippen LogP contribution in [0.5, 0.6) is 0 Å². The van der Waals surface area contributed by atoms with Gasteiger partial charge in [-0.3, -0.25) is 9.10 Å². The Morgan fingerprint density at radius 3 is 2.29 bits per heavy atom. The van der Waals surface area contributed by atoms with Crippen LogP contribution in [0, 0.1) is 6.92 Å². The van der Waals surface area contributed by atoms with E-state index in [1.165, 1.54) is 4.31 Å². The molecule has 2 rings (SSSR count). The Hall–Kier alpha value is -2.34. The van der Waals surface area contributed by atoms with Gasteiger partial charge in [-0.1, -0.05) is 49.4 Å². The Labute approximate surface area is 168 Å². The zero-order chi connectivity index (χ0) is 20.9. The maximum atomic E-state index is 13.1. The van der Waals surface area contributed by atoms with E-state index >= 15 is 0 Å². The number of hydrogen-bond donors (Lipinski definition) is 1. The molecule has 1 atom stereocenters. The largest absolute Gasteiger partial charge is 0.349 e. The molecule has 6 heteroatoms. The first kappa shape index (κ1) is 22.0. The fraction of sp³-hybridized carbons (Fsp3) is 0.409. The molecule has 0 aliphatic carbocycles. The fourth-order valence-electron chi connectivity index (χ4n) is 3.39. The van der Waals surface area contributed by atoms with E-state index in [1.54, 1.807) is 18.2 Å². The summed E-state index contributed by atoms with van der Waals surface area (Å²) in [6.07, 6.45) is 2.16. The number of anilines is 1. The van der Waals surface area contributed by atoms with Gasteiger partial charge in [0.2, 0.25) is 15.9 Å². The summed E-state index contributed by atoms with van der Waals surface area (Å²) >= 11 is 0. The van der Waals surface area contributed by atoms with Gasteiger partial charge in [0.15, 0.2) is 0 Å². The van der Waals surface area contributed by atoms with Gasteiger partial charge in [-0.05, 0) is 56.9 Å². The average molecular weight is 403 g/mol. The topological polar surface area (TPSA) is 66.5 Å². The second-order valence-corrected chi connectivity index (χ2v) is 9.72. The Morgan fingerprint density at radius 1 is 1.11 bits per heavy atom. The average Bonchev–Trinajstić information content (AvgIpc) is 2.58. The Balaban J connectivity index is 2.28. The van der Waals surface area contributed by atoms with Crippen LogP contribution in [0.2, 0.25) is 0 Å². The molecule has 1 unspecified atom stereocenters. The third-order valence-corrected chi connectivity index (χ3v) is 5.72. The minimum Gasteiger partial charge on any atom is -0.349 e. The number of rotatable bonds is 8. The van der Waals surface area contributed by atoms with Crippen molar-refractivity contribution in [3.63, 3.8) is 0 Å². The van der Waals surface area contributed by atoms with Gasteiger partial charge in [-0.25, -0.2) is 8.42 Å². The second-order valence-electron chi connectivity index (χ2n) is 7.86. The van der Waals surface area contributed by atoms with E-state index in [9.17, 15) is 13.2 Å². The number of nitrogens with one attached hydrogen (secondary N) is 1. The summed E-state index contributed by atoms with van der Waals surface area (Å²) in [5, 5.41) is 3.05. The first-order valence-electron chi connectivity index (χ1n) is 9.45. The molecule has 2 aromatic carbocycles. The van der Waals surface area contributed by atoms with Crippen molar-refractivity contribution < 1.29 is 13.2 Å². The zero-order valence-electron chi connectivity index (χ0n) is 17.3. The van der Waals surface area contributed by atoms with E-state index in [0.717, 1.165) is 17.4 Å². The monoisotopic (exact) mass is 402 g/mol. The molecule has 2 aromatic rings. The van der Waals surface area contributed by atoms with E-state index in [0.29, 0.717) is 18.5 Å². The van der Waals surface area contributed by atoms with Gasteiger partial charge in [0.05, 0.1) is 11.9 Å². The van der Waals surface area contributed by atoms with Gasteiger partial charge < -0.3 is 5.32 Å². The van der Waals surface area contributed by atoms with Crippen molar-refractivity contribution in [1.82, 2.24) is 5.32 Å². The van der Waals surface area contributed by atoms with Crippen molar-refractivity contribution in [2.45, 2.75) is 52.1 Å². The lowest BCUT2D eigenvalue weighted by atomic mass is 9.94. The Morgan fingerprint density at radius 2 is 1.75 bits per heavy atom. The van der Waals surface area contributed by atoms with E-state index in [-0.39, 0.29) is 5.91 Å². The summed E-state index contributed by atoms with van der Waals surface area (Å²) in [7, 11) is -3.63. The molecule has 0 fully saturated rings. The SMILES string of the molecule is CCC(C(=O)NC(C)(C)Cc1ccccc1)N(c1cccc(C)c1)S(C)(=O)=O. The van der Waals surface area contributed by atoms with Crippen LogP contribution in [0.15, 0.2) is 54.6 Å². The molecule has 0 aliphatic heterocycles. The predicted molar refractivity (Wildman–Crippen MR) is 115 cm³/mol. The van der Waals surface area contributed by atoms with Crippen molar-refractivity contribution in [2.75, 3.05) is 10.6 Å². The van der Waals surface area contributed by atoms with E-state index in [2.05, 4.69) is 5.32 Å². The number of benzene rings is 2. The zero-order valence-corrected chi connectivity index (χ0v) is 18.1. The van der Waals surface area contributed by atoms with Crippen LogP contribution in [-0.4, -0.2) is 32.2 Å². The van der Waals surface area contributed by atoms with Gasteiger partial charge in [-0.2, -0.15) is 0 Å². The van der Waals surface area contributed by atoms with E-state index < -0.39 is 21.6 Å². The molecule has 0 radical (unpaired) electrons. The summed E-state index contributed by atoms with van der Waals surface area (Å²) in [5.74, 6) is -0.296. The van der Waals surface area contributed by atoms with Crippen molar-refractivity contribution in [1.29, 1.82) is 0 Å². The highest BCUT2D eigenvalue weighted by atomic mass is 32.2. The molecule has 0 saturated heterocycles. The number of amides is 1. The third kappa shape index (κ3) is 5.83. The van der Waals surface area contributed by atoms with Gasteiger partial charge in [-0.15, -0.1) is 0 Å². The van der Waals surface area contributed by atoms with Crippen molar-refractivity contribution in [3.05, 3.63) is 65.7 Å². The molecule has 0 heterocycles. The van der Waals surface area contributed by atoms with Crippen LogP contribution in [0.3, 0.4) is 0 Å². The molecule has 0 aliphatic rings. The lowest BCUT2D eigenvalue weighted by Crippen LogP contribution is -2.55. The number of aryl methyl sites for hydroxylation is 1. The summed E-state index contributed by atoms with van der Waals surface area (Å²) < 4.78 is 26.3. The highest BCUT2D eigenvalue weighted by Crippen LogP contribution is 2.24. The number of carbonyl (C=O) groups excluding carboxylic acids is 1. The fourth-order valence-corrected chi connectivity index (χ4v) is 4.60. The highest BCUT2D eigenvalue weighted by molar-refractivity contribution is 7.92. The molecule has 1 N–H and O–H groups in total. The number of nitrogens with zero attached hydrogens (tertiary/aromatic N) is 1. The molecule has 1 amide bonds. The van der Waals surface area contributed by atoms with Gasteiger partial charge in [0.1, 0.15) is 6.04 Å². The molecule has 28 heavy (non-hydrogen) atoms. The summed E-state index contributed by atoms with van der Waals surface area (Å²) in [4.78, 5) is 13.1. The maximum Gasteiger partial charge on any atom is 0.244 e. The summed E-state index contributed by atoms with van der Waals surface area (Å²) in [6, 6.07) is 16.3. The molecule has 5 nitrogen and oxygen atoms in total. The van der Waals surface area contributed by atoms with E-state index in [1.807, 2.05) is 64.1 Å². The number of carbonyl (C=O) groups is 1. The highest BCUT2D eigenvalue weighted by Gasteiger charge is 2.34. The molecule has 0 aromatic heterocycles. The van der Waals surface area contributed by atoms with Gasteiger partial charge >= 0.3 is 0 Å². The van der Waals surface area contributed by atoms with Crippen LogP contribution in [0.25, 0.3) is 0 Å². The van der Waals surface area contributed by atoms with Crippen LogP contribution >= 0.6 is 0 Å². The second kappa shape index (κ2) is 8.78. The van der Waals surface area contributed by atoms with Gasteiger partial charge in [0.25, 0.3) is 0 Å². The number of sulfonamides is 1. The predicted octanol–water partition coefficient (Wildman–Crippen LogP) is 3.68. The summed E-state index contributed by atoms with van der Waals surface area (Å²) in [6.45, 7) is 7.61. The maximum absolute atomic E-state index is 13.1. The van der Waals surface area contributed by atoms with Crippen LogP contribution < -0.4 is 9.62 Å². The third-order valence-electron chi connectivity index (χ3n) is 4.54. The van der Waals surface area contributed by atoms with Crippen molar-refractivity contribution in [2.24, 2.45) is 0 Å². The molecular weight excluding hydrogens is 372 g/mol. The van der Waals surface area contributed by atoms with Crippen LogP contribution in [0.1, 0.15) is 38.3 Å². The molecule has 0 bridgehead atoms. The minimum absolute atomic E-state index is 0.296. The first-order valence-corrected chi connectivity index (χ1v) is 11.3. The first-order chi connectivity index (χ1) is 13.0. The number of hydrogen-bond acceptors (Lipinski definition) is 3. The van der Waals surface area contributed by atoms with Gasteiger partial charge in [0, 0.05) is 5.54 Å².